The van der Waals surface area contributed by atoms with Gasteiger partial charge in [0.25, 0.3) is 5.92 Å². The van der Waals surface area contributed by atoms with Gasteiger partial charge in [-0.3, -0.25) is 14.7 Å². The smallest absolute Gasteiger partial charge is 0.320 e. The molecule has 0 aliphatic carbocycles. The van der Waals surface area contributed by atoms with E-state index in [9.17, 15) is 13.6 Å². The Labute approximate surface area is 111 Å². The molecular weight excluding hydrogens is 254 g/mol. The molecule has 6 heteroatoms. The lowest BCUT2D eigenvalue weighted by Crippen LogP contribution is -2.37. The van der Waals surface area contributed by atoms with E-state index in [2.05, 4.69) is 4.98 Å². The van der Waals surface area contributed by atoms with Gasteiger partial charge in [-0.1, -0.05) is 13.0 Å². The third kappa shape index (κ3) is 4.24. The lowest BCUT2D eigenvalue weighted by molar-refractivity contribution is -0.143. The first-order chi connectivity index (χ1) is 8.75. The maximum absolute atomic E-state index is 13.2. The minimum Gasteiger partial charge on any atom is -0.480 e. The average Bonchev–Trinajstić information content (AvgIpc) is 2.28. The number of carboxylic acid groups (broad SMARTS) is 1. The van der Waals surface area contributed by atoms with Crippen molar-refractivity contribution in [1.29, 1.82) is 0 Å². The van der Waals surface area contributed by atoms with E-state index in [0.29, 0.717) is 12.1 Å². The molecule has 0 aliphatic rings. The molecule has 1 aromatic heterocycles. The topological polar surface area (TPSA) is 53.4 Å². The van der Waals surface area contributed by atoms with Crippen molar-refractivity contribution in [2.45, 2.75) is 38.8 Å². The first-order valence-electron chi connectivity index (χ1n) is 6.03. The molecular formula is C13H18F2N2O2. The normalized spacial score (nSPS) is 13.6. The predicted octanol–water partition coefficient (Wildman–Crippen LogP) is 2.49. The van der Waals surface area contributed by atoms with E-state index in [1.165, 1.54) is 12.1 Å². The molecule has 1 heterocycles. The largest absolute Gasteiger partial charge is 0.480 e. The van der Waals surface area contributed by atoms with Crippen LogP contribution in [-0.2, 0) is 17.3 Å². The van der Waals surface area contributed by atoms with Crippen LogP contribution in [0.3, 0.4) is 0 Å². The van der Waals surface area contributed by atoms with E-state index in [0.717, 1.165) is 6.92 Å². The van der Waals surface area contributed by atoms with Gasteiger partial charge < -0.3 is 5.11 Å². The number of hydrogen-bond acceptors (Lipinski definition) is 3. The fraction of sp³-hybridized carbons (Fsp3) is 0.538. The van der Waals surface area contributed by atoms with E-state index in [4.69, 9.17) is 5.11 Å². The molecule has 0 aliphatic heterocycles. The summed E-state index contributed by atoms with van der Waals surface area (Å²) in [6.07, 6.45) is 0.440. The number of rotatable bonds is 6. The summed E-state index contributed by atoms with van der Waals surface area (Å²) in [4.78, 5) is 16.5. The number of carbonyl (C=O) groups is 1. The average molecular weight is 272 g/mol. The summed E-state index contributed by atoms with van der Waals surface area (Å²) in [5.41, 5.74) is 0.128. The Kier molecular flexibility index (Phi) is 4.94. The molecule has 0 saturated heterocycles. The number of halogens is 2. The Balaban J connectivity index is 2.85. The van der Waals surface area contributed by atoms with Crippen molar-refractivity contribution in [3.63, 3.8) is 0 Å². The molecule has 1 N–H and O–H groups in total. The van der Waals surface area contributed by atoms with Gasteiger partial charge in [0.1, 0.15) is 11.7 Å². The second-order valence-electron chi connectivity index (χ2n) is 4.58. The number of alkyl halides is 2. The SMILES string of the molecule is CC[C@H](C(=O)O)N(C)Cc1cccc(C(C)(F)F)n1. The van der Waals surface area contributed by atoms with E-state index in [-0.39, 0.29) is 12.2 Å². The summed E-state index contributed by atoms with van der Waals surface area (Å²) >= 11 is 0. The van der Waals surface area contributed by atoms with Crippen LogP contribution in [0.4, 0.5) is 8.78 Å². The van der Waals surface area contributed by atoms with Crippen molar-refractivity contribution < 1.29 is 18.7 Å². The molecule has 0 unspecified atom stereocenters. The molecule has 1 rings (SSSR count). The summed E-state index contributed by atoms with van der Waals surface area (Å²) in [5, 5.41) is 9.02. The number of nitrogens with zero attached hydrogens (tertiary/aromatic N) is 2. The standard InChI is InChI=1S/C13H18F2N2O2/c1-4-10(12(18)19)17(3)8-9-6-5-7-11(16-9)13(2,14)15/h5-7,10H,4,8H2,1-3H3,(H,18,19)/t10-/m1/s1. The second kappa shape index (κ2) is 6.06. The lowest BCUT2D eigenvalue weighted by Gasteiger charge is -2.23. The maximum atomic E-state index is 13.2. The highest BCUT2D eigenvalue weighted by atomic mass is 19.3. The fourth-order valence-corrected chi connectivity index (χ4v) is 1.85. The van der Waals surface area contributed by atoms with Crippen molar-refractivity contribution >= 4 is 5.97 Å². The lowest BCUT2D eigenvalue weighted by atomic mass is 10.2. The first kappa shape index (κ1) is 15.5. The van der Waals surface area contributed by atoms with Crippen LogP contribution in [0, 0.1) is 0 Å². The van der Waals surface area contributed by atoms with Gasteiger partial charge in [-0.05, 0) is 25.6 Å². The van der Waals surface area contributed by atoms with Gasteiger partial charge in [0.2, 0.25) is 0 Å². The number of carboxylic acids is 1. The summed E-state index contributed by atoms with van der Waals surface area (Å²) in [5.74, 6) is -3.92. The van der Waals surface area contributed by atoms with Gasteiger partial charge in [-0.2, -0.15) is 8.78 Å². The molecule has 0 amide bonds. The van der Waals surface area contributed by atoms with Gasteiger partial charge in [-0.25, -0.2) is 0 Å². The Bertz CT molecular complexity index is 447. The first-order valence-corrected chi connectivity index (χ1v) is 6.03. The van der Waals surface area contributed by atoms with Crippen LogP contribution in [0.1, 0.15) is 31.7 Å². The highest BCUT2D eigenvalue weighted by molar-refractivity contribution is 5.73. The molecule has 0 aromatic carbocycles. The zero-order valence-electron chi connectivity index (χ0n) is 11.2. The third-order valence-corrected chi connectivity index (χ3v) is 2.87. The molecule has 0 spiro atoms. The van der Waals surface area contributed by atoms with Crippen LogP contribution in [0.5, 0.6) is 0 Å². The third-order valence-electron chi connectivity index (χ3n) is 2.87. The van der Waals surface area contributed by atoms with Crippen LogP contribution >= 0.6 is 0 Å². The molecule has 0 fully saturated rings. The van der Waals surface area contributed by atoms with Gasteiger partial charge in [-0.15, -0.1) is 0 Å². The Morgan fingerprint density at radius 1 is 1.53 bits per heavy atom. The molecule has 1 atom stereocenters. The molecule has 106 valence electrons. The highest BCUT2D eigenvalue weighted by Gasteiger charge is 2.27. The number of aliphatic carboxylic acids is 1. The fourth-order valence-electron chi connectivity index (χ4n) is 1.85. The van der Waals surface area contributed by atoms with Crippen LogP contribution in [0.2, 0.25) is 0 Å². The predicted molar refractivity (Wildman–Crippen MR) is 67.0 cm³/mol. The number of hydrogen-bond donors (Lipinski definition) is 1. The van der Waals surface area contributed by atoms with Crippen molar-refractivity contribution in [3.05, 3.63) is 29.6 Å². The van der Waals surface area contributed by atoms with E-state index in [1.807, 2.05) is 0 Å². The molecule has 0 saturated carbocycles. The van der Waals surface area contributed by atoms with Crippen LogP contribution < -0.4 is 0 Å². The van der Waals surface area contributed by atoms with Crippen molar-refractivity contribution in [2.75, 3.05) is 7.05 Å². The maximum Gasteiger partial charge on any atom is 0.320 e. The molecule has 1 aromatic rings. The molecule has 0 radical (unpaired) electrons. The Hall–Kier alpha value is -1.56. The molecule has 19 heavy (non-hydrogen) atoms. The number of likely N-dealkylation sites (N-methyl/N-ethyl adjacent to an activating group) is 1. The van der Waals surface area contributed by atoms with Crippen LogP contribution in [0.15, 0.2) is 18.2 Å². The number of aromatic nitrogens is 1. The van der Waals surface area contributed by atoms with Crippen molar-refractivity contribution in [1.82, 2.24) is 9.88 Å². The Morgan fingerprint density at radius 2 is 2.16 bits per heavy atom. The summed E-state index contributed by atoms with van der Waals surface area (Å²) in [7, 11) is 1.64. The van der Waals surface area contributed by atoms with E-state index < -0.39 is 17.9 Å². The van der Waals surface area contributed by atoms with E-state index in [1.54, 1.807) is 24.9 Å². The van der Waals surface area contributed by atoms with Gasteiger partial charge in [0.15, 0.2) is 0 Å². The zero-order valence-corrected chi connectivity index (χ0v) is 11.2. The Morgan fingerprint density at radius 3 is 2.63 bits per heavy atom. The zero-order chi connectivity index (χ0) is 14.6. The van der Waals surface area contributed by atoms with E-state index >= 15 is 0 Å². The second-order valence-corrected chi connectivity index (χ2v) is 4.58. The summed E-state index contributed by atoms with van der Waals surface area (Å²) in [6.45, 7) is 2.77. The van der Waals surface area contributed by atoms with Crippen LogP contribution in [0.25, 0.3) is 0 Å². The summed E-state index contributed by atoms with van der Waals surface area (Å²) < 4.78 is 26.3. The van der Waals surface area contributed by atoms with Gasteiger partial charge in [0.05, 0.1) is 5.69 Å². The quantitative estimate of drug-likeness (QED) is 0.864. The van der Waals surface area contributed by atoms with Gasteiger partial charge in [0, 0.05) is 13.5 Å². The van der Waals surface area contributed by atoms with Crippen molar-refractivity contribution in [2.24, 2.45) is 0 Å². The minimum atomic E-state index is -2.99. The number of pyridine rings is 1. The highest BCUT2D eigenvalue weighted by Crippen LogP contribution is 2.25. The van der Waals surface area contributed by atoms with Crippen LogP contribution in [-0.4, -0.2) is 34.0 Å². The molecule has 0 bridgehead atoms. The minimum absolute atomic E-state index is 0.217. The van der Waals surface area contributed by atoms with Gasteiger partial charge >= 0.3 is 5.97 Å². The monoisotopic (exact) mass is 272 g/mol. The van der Waals surface area contributed by atoms with Crippen molar-refractivity contribution in [3.8, 4) is 0 Å². The molecule has 4 nitrogen and oxygen atoms in total. The summed E-state index contributed by atoms with van der Waals surface area (Å²) in [6, 6.07) is 3.73.